The molecule has 4 nitrogen and oxygen atoms in total. The summed E-state index contributed by atoms with van der Waals surface area (Å²) in [5.74, 6) is -0.398. The lowest BCUT2D eigenvalue weighted by Gasteiger charge is -2.17. The molecule has 0 radical (unpaired) electrons. The van der Waals surface area contributed by atoms with Crippen LogP contribution in [0.25, 0.3) is 6.08 Å². The Kier molecular flexibility index (Phi) is 6.07. The number of pyridine rings is 1. The summed E-state index contributed by atoms with van der Waals surface area (Å²) in [4.78, 5) is 16.6. The summed E-state index contributed by atoms with van der Waals surface area (Å²) < 4.78 is 0.652. The number of amides is 1. The van der Waals surface area contributed by atoms with E-state index in [1.54, 1.807) is 18.2 Å². The molecule has 1 atom stereocenters. The fourth-order valence-electron chi connectivity index (χ4n) is 2.14. The van der Waals surface area contributed by atoms with Gasteiger partial charge in [-0.3, -0.25) is 4.79 Å². The number of halogens is 1. The molecule has 0 fully saturated rings. The van der Waals surface area contributed by atoms with Gasteiger partial charge in [-0.15, -0.1) is 0 Å². The van der Waals surface area contributed by atoms with Crippen LogP contribution in [0.3, 0.4) is 0 Å². The number of carbonyl (C=O) groups excluding carboxylic acids is 1. The normalized spacial score (nSPS) is 12.3. The number of aromatic nitrogens is 1. The van der Waals surface area contributed by atoms with Gasteiger partial charge in [0.15, 0.2) is 0 Å². The number of hydrogen-bond acceptors (Lipinski definition) is 3. The van der Waals surface area contributed by atoms with Crippen molar-refractivity contribution in [1.82, 2.24) is 10.3 Å². The van der Waals surface area contributed by atoms with E-state index in [-0.39, 0.29) is 11.6 Å². The van der Waals surface area contributed by atoms with E-state index in [2.05, 4.69) is 26.2 Å². The van der Waals surface area contributed by atoms with Gasteiger partial charge in [0, 0.05) is 0 Å². The average Bonchev–Trinajstić information content (AvgIpc) is 2.58. The van der Waals surface area contributed by atoms with E-state index in [4.69, 9.17) is 0 Å². The Morgan fingerprint density at radius 2 is 2.04 bits per heavy atom. The molecule has 1 unspecified atom stereocenters. The molecule has 1 aromatic heterocycles. The van der Waals surface area contributed by atoms with Crippen molar-refractivity contribution in [1.29, 1.82) is 5.26 Å². The van der Waals surface area contributed by atoms with Crippen molar-refractivity contribution in [3.05, 3.63) is 70.0 Å². The molecule has 1 amide bonds. The quantitative estimate of drug-likeness (QED) is 0.491. The predicted molar refractivity (Wildman–Crippen MR) is 93.1 cm³/mol. The highest BCUT2D eigenvalue weighted by Crippen LogP contribution is 2.17. The van der Waals surface area contributed by atoms with E-state index < -0.39 is 5.91 Å². The van der Waals surface area contributed by atoms with E-state index in [9.17, 15) is 10.1 Å². The second kappa shape index (κ2) is 8.25. The van der Waals surface area contributed by atoms with Gasteiger partial charge >= 0.3 is 0 Å². The summed E-state index contributed by atoms with van der Waals surface area (Å²) in [7, 11) is 0. The summed E-state index contributed by atoms with van der Waals surface area (Å²) >= 11 is 3.27. The van der Waals surface area contributed by atoms with Crippen LogP contribution >= 0.6 is 15.9 Å². The lowest BCUT2D eigenvalue weighted by molar-refractivity contribution is -0.117. The number of hydrogen-bond donors (Lipinski definition) is 1. The van der Waals surface area contributed by atoms with Crippen LogP contribution in [0.15, 0.2) is 58.7 Å². The summed E-state index contributed by atoms with van der Waals surface area (Å²) in [6.45, 7) is 1.99. The largest absolute Gasteiger partial charge is 0.345 e. The second-order valence-corrected chi connectivity index (χ2v) is 5.71. The first kappa shape index (κ1) is 16.9. The third-order valence-corrected chi connectivity index (χ3v) is 3.75. The minimum absolute atomic E-state index is 0.0324. The Bertz CT molecular complexity index is 750. The molecular formula is C18H16BrN3O. The molecule has 0 saturated heterocycles. The topological polar surface area (TPSA) is 65.8 Å². The zero-order valence-corrected chi connectivity index (χ0v) is 14.2. The van der Waals surface area contributed by atoms with Gasteiger partial charge in [0.25, 0.3) is 5.91 Å². The molecule has 5 heteroatoms. The molecule has 2 rings (SSSR count). The van der Waals surface area contributed by atoms with Gasteiger partial charge in [-0.05, 0) is 46.1 Å². The summed E-state index contributed by atoms with van der Waals surface area (Å²) in [6.07, 6.45) is 2.22. The van der Waals surface area contributed by atoms with Crippen LogP contribution < -0.4 is 5.32 Å². The van der Waals surface area contributed by atoms with Crippen LogP contribution in [-0.4, -0.2) is 10.9 Å². The Morgan fingerprint density at radius 3 is 2.65 bits per heavy atom. The highest BCUT2D eigenvalue weighted by atomic mass is 79.9. The molecule has 0 aliphatic heterocycles. The molecular weight excluding hydrogens is 354 g/mol. The van der Waals surface area contributed by atoms with Gasteiger partial charge in [-0.25, -0.2) is 4.98 Å². The zero-order valence-electron chi connectivity index (χ0n) is 12.7. The Balaban J connectivity index is 2.18. The lowest BCUT2D eigenvalue weighted by Crippen LogP contribution is -2.29. The van der Waals surface area contributed by atoms with Crippen molar-refractivity contribution >= 4 is 27.9 Å². The molecule has 1 N–H and O–H groups in total. The smallest absolute Gasteiger partial charge is 0.262 e. The van der Waals surface area contributed by atoms with Crippen molar-refractivity contribution in [2.75, 3.05) is 0 Å². The zero-order chi connectivity index (χ0) is 16.7. The van der Waals surface area contributed by atoms with Crippen molar-refractivity contribution in [3.8, 4) is 6.07 Å². The maximum atomic E-state index is 12.4. The second-order valence-electron chi connectivity index (χ2n) is 4.90. The van der Waals surface area contributed by atoms with Gasteiger partial charge < -0.3 is 5.32 Å². The van der Waals surface area contributed by atoms with Crippen molar-refractivity contribution in [3.63, 3.8) is 0 Å². The van der Waals surface area contributed by atoms with Crippen LogP contribution in [0.4, 0.5) is 0 Å². The minimum atomic E-state index is -0.398. The summed E-state index contributed by atoms with van der Waals surface area (Å²) in [5.41, 5.74) is 1.60. The average molecular weight is 370 g/mol. The molecule has 0 bridgehead atoms. The number of nitrogens with zero attached hydrogens (tertiary/aromatic N) is 2. The SMILES string of the molecule is CCC(NC(=O)/C(C#N)=C/c1cccc(Br)n1)c1ccccc1. The van der Waals surface area contributed by atoms with Gasteiger partial charge in [-0.1, -0.05) is 43.3 Å². The van der Waals surface area contributed by atoms with E-state index in [1.165, 1.54) is 6.08 Å². The van der Waals surface area contributed by atoms with Crippen LogP contribution in [0.1, 0.15) is 30.6 Å². The highest BCUT2D eigenvalue weighted by Gasteiger charge is 2.16. The van der Waals surface area contributed by atoms with Crippen LogP contribution in [0.2, 0.25) is 0 Å². The third-order valence-electron chi connectivity index (χ3n) is 3.31. The molecule has 0 spiro atoms. The fraction of sp³-hybridized carbons (Fsp3) is 0.167. The standard InChI is InChI=1S/C18H16BrN3O/c1-2-16(13-7-4-3-5-8-13)22-18(23)14(12-20)11-15-9-6-10-17(19)21-15/h3-11,16H,2H2,1H3,(H,22,23)/b14-11+. The maximum Gasteiger partial charge on any atom is 0.262 e. The van der Waals surface area contributed by atoms with E-state index in [1.807, 2.05) is 43.3 Å². The van der Waals surface area contributed by atoms with Crippen LogP contribution in [0.5, 0.6) is 0 Å². The predicted octanol–water partition coefficient (Wildman–Crippen LogP) is 4.02. The highest BCUT2D eigenvalue weighted by molar-refractivity contribution is 9.10. The first-order chi connectivity index (χ1) is 11.1. The number of benzene rings is 1. The first-order valence-electron chi connectivity index (χ1n) is 7.24. The Morgan fingerprint density at radius 1 is 1.30 bits per heavy atom. The third kappa shape index (κ3) is 4.76. The molecule has 2 aromatic rings. The molecule has 0 aliphatic rings. The Hall–Kier alpha value is -2.45. The van der Waals surface area contributed by atoms with Gasteiger partial charge in [0.2, 0.25) is 0 Å². The first-order valence-corrected chi connectivity index (χ1v) is 8.03. The summed E-state index contributed by atoms with van der Waals surface area (Å²) in [6, 6.07) is 16.8. The monoisotopic (exact) mass is 369 g/mol. The van der Waals surface area contributed by atoms with Crippen LogP contribution in [-0.2, 0) is 4.79 Å². The number of nitrogens with one attached hydrogen (secondary N) is 1. The van der Waals surface area contributed by atoms with E-state index >= 15 is 0 Å². The van der Waals surface area contributed by atoms with Crippen molar-refractivity contribution in [2.24, 2.45) is 0 Å². The van der Waals surface area contributed by atoms with Crippen LogP contribution in [0, 0.1) is 11.3 Å². The molecule has 1 aromatic carbocycles. The molecule has 116 valence electrons. The molecule has 23 heavy (non-hydrogen) atoms. The number of carbonyl (C=O) groups is 1. The van der Waals surface area contributed by atoms with Gasteiger partial charge in [0.05, 0.1) is 11.7 Å². The van der Waals surface area contributed by atoms with Crippen molar-refractivity contribution < 1.29 is 4.79 Å². The van der Waals surface area contributed by atoms with Gasteiger partial charge in [0.1, 0.15) is 16.2 Å². The summed E-state index contributed by atoms with van der Waals surface area (Å²) in [5, 5.41) is 12.2. The molecule has 0 saturated carbocycles. The van der Waals surface area contributed by atoms with Crippen molar-refractivity contribution in [2.45, 2.75) is 19.4 Å². The molecule has 1 heterocycles. The van der Waals surface area contributed by atoms with E-state index in [0.717, 1.165) is 12.0 Å². The maximum absolute atomic E-state index is 12.4. The van der Waals surface area contributed by atoms with Gasteiger partial charge in [-0.2, -0.15) is 5.26 Å². The Labute approximate surface area is 144 Å². The lowest BCUT2D eigenvalue weighted by atomic mass is 10.0. The molecule has 0 aliphatic carbocycles. The number of rotatable bonds is 5. The number of nitriles is 1. The minimum Gasteiger partial charge on any atom is -0.345 e. The fourth-order valence-corrected chi connectivity index (χ4v) is 2.50. The van der Waals surface area contributed by atoms with E-state index in [0.29, 0.717) is 10.3 Å².